The Kier molecular flexibility index (Phi) is 22.4. The van der Waals surface area contributed by atoms with E-state index in [0.29, 0.717) is 13.0 Å². The van der Waals surface area contributed by atoms with E-state index in [9.17, 15) is 4.79 Å². The zero-order valence-corrected chi connectivity index (χ0v) is 18.0. The van der Waals surface area contributed by atoms with Gasteiger partial charge >= 0.3 is 16.4 Å². The van der Waals surface area contributed by atoms with Gasteiger partial charge in [-0.15, -0.1) is 0 Å². The number of carbonyl (C=O) groups excluding carboxylic acids is 1. The van der Waals surface area contributed by atoms with E-state index in [4.69, 9.17) is 22.3 Å². The molecular weight excluding hydrogens is 368 g/mol. The standard InChI is InChI=1S/C20H38O2.H2O4S/c1-3-5-6-7-8-9-10-11-12-13-14-15-16-17-18-19-20(21)22-4-2;1-5(2,3)4/h11-12H,3-10,13-19H2,1-2H3;(H2,1,2,3,4). The van der Waals surface area contributed by atoms with E-state index >= 15 is 0 Å². The summed E-state index contributed by atoms with van der Waals surface area (Å²) in [6.07, 6.45) is 22.0. The predicted molar refractivity (Wildman–Crippen MR) is 110 cm³/mol. The molecule has 0 aliphatic carbocycles. The van der Waals surface area contributed by atoms with Gasteiger partial charge in [0.1, 0.15) is 0 Å². The number of allylic oxidation sites excluding steroid dienone is 2. The van der Waals surface area contributed by atoms with E-state index < -0.39 is 10.4 Å². The molecule has 0 aromatic heterocycles. The highest BCUT2D eigenvalue weighted by molar-refractivity contribution is 7.79. The van der Waals surface area contributed by atoms with Crippen LogP contribution < -0.4 is 0 Å². The number of unbranched alkanes of at least 4 members (excludes halogenated alkanes) is 11. The fraction of sp³-hybridized carbons (Fsp3) is 0.850. The van der Waals surface area contributed by atoms with Crippen molar-refractivity contribution in [2.24, 2.45) is 0 Å². The molecule has 0 heterocycles. The van der Waals surface area contributed by atoms with Crippen molar-refractivity contribution in [3.8, 4) is 0 Å². The zero-order chi connectivity index (χ0) is 20.8. The largest absolute Gasteiger partial charge is 0.466 e. The average Bonchev–Trinajstić information content (AvgIpc) is 2.57. The summed E-state index contributed by atoms with van der Waals surface area (Å²) in [4.78, 5) is 11.1. The van der Waals surface area contributed by atoms with E-state index in [1.165, 1.54) is 70.6 Å². The monoisotopic (exact) mass is 408 g/mol. The molecule has 7 heteroatoms. The van der Waals surface area contributed by atoms with Gasteiger partial charge in [-0.3, -0.25) is 13.9 Å². The van der Waals surface area contributed by atoms with Gasteiger partial charge in [0, 0.05) is 6.42 Å². The van der Waals surface area contributed by atoms with Crippen molar-refractivity contribution in [1.82, 2.24) is 0 Å². The lowest BCUT2D eigenvalue weighted by molar-refractivity contribution is -0.143. The summed E-state index contributed by atoms with van der Waals surface area (Å²) in [5, 5.41) is 0. The topological polar surface area (TPSA) is 101 Å². The second-order valence-corrected chi connectivity index (χ2v) is 7.48. The van der Waals surface area contributed by atoms with Gasteiger partial charge in [-0.2, -0.15) is 8.42 Å². The number of hydrogen-bond donors (Lipinski definition) is 2. The van der Waals surface area contributed by atoms with Crippen LogP contribution in [0.3, 0.4) is 0 Å². The Morgan fingerprint density at radius 3 is 1.63 bits per heavy atom. The number of hydrogen-bond acceptors (Lipinski definition) is 4. The summed E-state index contributed by atoms with van der Waals surface area (Å²) in [7, 11) is -4.67. The zero-order valence-electron chi connectivity index (χ0n) is 17.2. The predicted octanol–water partition coefficient (Wildman–Crippen LogP) is 5.93. The van der Waals surface area contributed by atoms with E-state index in [2.05, 4.69) is 19.1 Å². The highest BCUT2D eigenvalue weighted by Gasteiger charge is 2.00. The quantitative estimate of drug-likeness (QED) is 0.142. The van der Waals surface area contributed by atoms with Gasteiger partial charge in [-0.05, 0) is 39.0 Å². The molecule has 0 aliphatic rings. The van der Waals surface area contributed by atoms with Gasteiger partial charge in [0.05, 0.1) is 6.61 Å². The molecule has 0 aromatic rings. The summed E-state index contributed by atoms with van der Waals surface area (Å²) in [5.41, 5.74) is 0. The van der Waals surface area contributed by atoms with Crippen LogP contribution in [0.25, 0.3) is 0 Å². The summed E-state index contributed by atoms with van der Waals surface area (Å²) >= 11 is 0. The first-order valence-corrected chi connectivity index (χ1v) is 11.7. The van der Waals surface area contributed by atoms with Crippen LogP contribution in [-0.2, 0) is 19.9 Å². The van der Waals surface area contributed by atoms with Gasteiger partial charge in [-0.1, -0.05) is 70.4 Å². The lowest BCUT2D eigenvalue weighted by Gasteiger charge is -2.01. The smallest absolute Gasteiger partial charge is 0.394 e. The Morgan fingerprint density at radius 2 is 1.19 bits per heavy atom. The summed E-state index contributed by atoms with van der Waals surface area (Å²) < 4.78 is 36.5. The first kappa shape index (κ1) is 28.3. The van der Waals surface area contributed by atoms with Crippen LogP contribution in [-0.4, -0.2) is 30.1 Å². The summed E-state index contributed by atoms with van der Waals surface area (Å²) in [5.74, 6) is -0.0415. The second-order valence-electron chi connectivity index (χ2n) is 6.59. The number of ether oxygens (including phenoxy) is 1. The van der Waals surface area contributed by atoms with Crippen LogP contribution in [0.1, 0.15) is 104 Å². The molecule has 162 valence electrons. The van der Waals surface area contributed by atoms with E-state index in [-0.39, 0.29) is 5.97 Å². The van der Waals surface area contributed by atoms with Gasteiger partial charge in [0.2, 0.25) is 0 Å². The molecule has 0 amide bonds. The maximum Gasteiger partial charge on any atom is 0.394 e. The van der Waals surface area contributed by atoms with Gasteiger partial charge in [-0.25, -0.2) is 0 Å². The SMILES string of the molecule is CCCCCCCCC=CCCCCCCCC(=O)OCC.O=S(=O)(O)O. The molecule has 2 N–H and O–H groups in total. The molecule has 0 aromatic carbocycles. The van der Waals surface area contributed by atoms with Crippen LogP contribution in [0.4, 0.5) is 0 Å². The van der Waals surface area contributed by atoms with Gasteiger partial charge in [0.25, 0.3) is 0 Å². The third-order valence-electron chi connectivity index (χ3n) is 3.95. The van der Waals surface area contributed by atoms with Crippen molar-refractivity contribution in [3.63, 3.8) is 0 Å². The van der Waals surface area contributed by atoms with Crippen LogP contribution in [0.15, 0.2) is 12.2 Å². The summed E-state index contributed by atoms with van der Waals surface area (Å²) in [6.45, 7) is 4.63. The molecule has 0 atom stereocenters. The minimum absolute atomic E-state index is 0.0415. The molecule has 6 nitrogen and oxygen atoms in total. The van der Waals surface area contributed by atoms with Crippen molar-refractivity contribution < 1.29 is 27.1 Å². The molecule has 0 saturated heterocycles. The number of esters is 1. The summed E-state index contributed by atoms with van der Waals surface area (Å²) in [6, 6.07) is 0. The van der Waals surface area contributed by atoms with E-state index in [1.807, 2.05) is 6.92 Å². The molecule has 0 radical (unpaired) electrons. The van der Waals surface area contributed by atoms with Crippen LogP contribution in [0, 0.1) is 0 Å². The Hall–Kier alpha value is -0.920. The molecule has 0 unspecified atom stereocenters. The highest BCUT2D eigenvalue weighted by Crippen LogP contribution is 2.10. The molecule has 27 heavy (non-hydrogen) atoms. The average molecular weight is 409 g/mol. The van der Waals surface area contributed by atoms with E-state index in [1.54, 1.807) is 0 Å². The third-order valence-corrected chi connectivity index (χ3v) is 3.95. The van der Waals surface area contributed by atoms with E-state index in [0.717, 1.165) is 12.8 Å². The second kappa shape index (κ2) is 21.4. The van der Waals surface area contributed by atoms with Gasteiger partial charge < -0.3 is 4.74 Å². The van der Waals surface area contributed by atoms with Crippen LogP contribution in [0.5, 0.6) is 0 Å². The molecular formula is C20H40O6S. The van der Waals surface area contributed by atoms with Crippen LogP contribution in [0.2, 0.25) is 0 Å². The lowest BCUT2D eigenvalue weighted by Crippen LogP contribution is -2.03. The Labute approximate surface area is 166 Å². The molecule has 0 rings (SSSR count). The Balaban J connectivity index is 0. The Bertz CT molecular complexity index is 437. The fourth-order valence-corrected chi connectivity index (χ4v) is 2.57. The van der Waals surface area contributed by atoms with Crippen molar-refractivity contribution in [1.29, 1.82) is 0 Å². The van der Waals surface area contributed by atoms with Crippen LogP contribution >= 0.6 is 0 Å². The molecule has 0 fully saturated rings. The van der Waals surface area contributed by atoms with Crippen molar-refractivity contribution in [2.45, 2.75) is 104 Å². The first-order chi connectivity index (χ1) is 12.8. The molecule has 0 bridgehead atoms. The maximum atomic E-state index is 11.1. The normalized spacial score (nSPS) is 11.3. The third kappa shape index (κ3) is 36.7. The lowest BCUT2D eigenvalue weighted by atomic mass is 10.1. The molecule has 0 spiro atoms. The van der Waals surface area contributed by atoms with Gasteiger partial charge in [0.15, 0.2) is 0 Å². The van der Waals surface area contributed by atoms with Crippen molar-refractivity contribution in [2.75, 3.05) is 6.61 Å². The van der Waals surface area contributed by atoms with Crippen molar-refractivity contribution >= 4 is 16.4 Å². The first-order valence-electron chi connectivity index (χ1n) is 10.3. The fourth-order valence-electron chi connectivity index (χ4n) is 2.57. The minimum atomic E-state index is -4.67. The van der Waals surface area contributed by atoms with Crippen molar-refractivity contribution in [3.05, 3.63) is 12.2 Å². The minimum Gasteiger partial charge on any atom is -0.466 e. The number of carbonyl (C=O) groups is 1. The number of rotatable bonds is 16. The maximum absolute atomic E-state index is 11.1. The molecule has 0 saturated carbocycles. The Morgan fingerprint density at radius 1 is 0.778 bits per heavy atom. The molecule has 0 aliphatic heterocycles. The highest BCUT2D eigenvalue weighted by atomic mass is 32.3.